The summed E-state index contributed by atoms with van der Waals surface area (Å²) >= 11 is 0. The van der Waals surface area contributed by atoms with E-state index in [4.69, 9.17) is 13.6 Å². The zero-order valence-corrected chi connectivity index (χ0v) is 27.7. The third-order valence-corrected chi connectivity index (χ3v) is 16.7. The van der Waals surface area contributed by atoms with Gasteiger partial charge in [-0.1, -0.05) is 41.5 Å². The lowest BCUT2D eigenvalue weighted by molar-refractivity contribution is 0.00950. The van der Waals surface area contributed by atoms with Gasteiger partial charge >= 0.3 is 6.09 Å². The van der Waals surface area contributed by atoms with Gasteiger partial charge < -0.3 is 18.5 Å². The van der Waals surface area contributed by atoms with Crippen LogP contribution < -0.4 is 0 Å². The van der Waals surface area contributed by atoms with Crippen molar-refractivity contribution in [3.05, 3.63) is 11.8 Å². The average molecular weight is 540 g/mol. The molecule has 1 aliphatic heterocycles. The van der Waals surface area contributed by atoms with Crippen molar-refractivity contribution in [1.82, 2.24) is 9.80 Å². The van der Waals surface area contributed by atoms with E-state index < -0.39 is 34.4 Å². The molecule has 36 heavy (non-hydrogen) atoms. The predicted octanol–water partition coefficient (Wildman–Crippen LogP) is 6.75. The quantitative estimate of drug-likeness (QED) is 0.263. The molecule has 0 bridgehead atoms. The molecule has 0 unspecified atom stereocenters. The zero-order chi connectivity index (χ0) is 28.5. The molecule has 0 spiro atoms. The highest BCUT2D eigenvalue weighted by molar-refractivity contribution is 6.74. The van der Waals surface area contributed by atoms with Crippen LogP contribution >= 0.6 is 0 Å². The van der Waals surface area contributed by atoms with E-state index in [2.05, 4.69) is 73.8 Å². The summed E-state index contributed by atoms with van der Waals surface area (Å²) in [6, 6.07) is 1.56. The molecule has 0 aromatic rings. The standard InChI is InChI=1S/C27H53N3O4Si2/c1-25(2,3)33-24(31)30-21(19-32-35(12,13)26(4,5)6)16-22(34-36(14,15)27(7,8)9)23(30)20(17-28)18-29(10)11/h18,21-23H,16,19H2,1-15H3/b20-18+/t21-,22+,23-/m0/s1. The lowest BCUT2D eigenvalue weighted by Gasteiger charge is -2.40. The van der Waals surface area contributed by atoms with Gasteiger partial charge in [0.15, 0.2) is 16.6 Å². The summed E-state index contributed by atoms with van der Waals surface area (Å²) in [5.74, 6) is 0. The second-order valence-electron chi connectivity index (χ2n) is 14.4. The van der Waals surface area contributed by atoms with Crippen LogP contribution in [0.4, 0.5) is 4.79 Å². The Morgan fingerprint density at radius 3 is 1.89 bits per heavy atom. The van der Waals surface area contributed by atoms with E-state index in [1.54, 1.807) is 11.1 Å². The fraction of sp³-hybridized carbons (Fsp3) is 0.852. The van der Waals surface area contributed by atoms with E-state index >= 15 is 0 Å². The number of hydrogen-bond donors (Lipinski definition) is 0. The van der Waals surface area contributed by atoms with Gasteiger partial charge in [-0.25, -0.2) is 4.79 Å². The molecular formula is C27H53N3O4Si2. The topological polar surface area (TPSA) is 75.0 Å². The highest BCUT2D eigenvalue weighted by atomic mass is 28.4. The van der Waals surface area contributed by atoms with E-state index in [0.29, 0.717) is 18.6 Å². The smallest absolute Gasteiger partial charge is 0.411 e. The predicted molar refractivity (Wildman–Crippen MR) is 153 cm³/mol. The summed E-state index contributed by atoms with van der Waals surface area (Å²) in [7, 11) is -0.505. The van der Waals surface area contributed by atoms with E-state index in [-0.39, 0.29) is 22.2 Å². The number of carbonyl (C=O) groups is 1. The maximum atomic E-state index is 13.7. The summed E-state index contributed by atoms with van der Waals surface area (Å²) in [6.07, 6.45) is 1.63. The number of ether oxygens (including phenoxy) is 1. The first-order chi connectivity index (χ1) is 15.9. The zero-order valence-electron chi connectivity index (χ0n) is 25.7. The lowest BCUT2D eigenvalue weighted by Crippen LogP contribution is -2.52. The Bertz CT molecular complexity index is 843. The number of nitrogens with zero attached hydrogens (tertiary/aromatic N) is 3. The average Bonchev–Trinajstić information content (AvgIpc) is 2.98. The number of likely N-dealkylation sites (tertiary alicyclic amines) is 1. The van der Waals surface area contributed by atoms with Crippen LogP contribution in [0.25, 0.3) is 0 Å². The Balaban J connectivity index is 3.61. The molecule has 7 nitrogen and oxygen atoms in total. The first kappa shape index (κ1) is 32.7. The van der Waals surface area contributed by atoms with Crippen molar-refractivity contribution in [1.29, 1.82) is 5.26 Å². The molecule has 0 aliphatic carbocycles. The molecule has 208 valence electrons. The van der Waals surface area contributed by atoms with Crippen LogP contribution in [-0.4, -0.2) is 77.0 Å². The number of hydrogen-bond acceptors (Lipinski definition) is 6. The molecule has 0 aromatic carbocycles. The Hall–Kier alpha value is -1.35. The van der Waals surface area contributed by atoms with Crippen molar-refractivity contribution < 1.29 is 18.4 Å². The fourth-order valence-corrected chi connectivity index (χ4v) is 6.01. The van der Waals surface area contributed by atoms with E-state index in [1.807, 2.05) is 39.8 Å². The molecule has 1 aliphatic rings. The van der Waals surface area contributed by atoms with Crippen LogP contribution in [0, 0.1) is 11.3 Å². The molecule has 1 rings (SSSR count). The van der Waals surface area contributed by atoms with E-state index in [1.165, 1.54) is 0 Å². The Morgan fingerprint density at radius 2 is 1.50 bits per heavy atom. The molecule has 0 aromatic heterocycles. The summed E-state index contributed by atoms with van der Waals surface area (Å²) in [4.78, 5) is 17.3. The Labute approximate surface area is 223 Å². The molecule has 9 heteroatoms. The van der Waals surface area contributed by atoms with Crippen molar-refractivity contribution in [2.24, 2.45) is 0 Å². The van der Waals surface area contributed by atoms with Crippen LogP contribution in [0.2, 0.25) is 36.3 Å². The minimum absolute atomic E-state index is 0.0118. The van der Waals surface area contributed by atoms with Gasteiger partial charge in [-0.15, -0.1) is 0 Å². The number of rotatable bonds is 7. The minimum atomic E-state index is -2.20. The molecule has 1 amide bonds. The largest absolute Gasteiger partial charge is 0.444 e. The molecule has 0 saturated carbocycles. The molecule has 1 saturated heterocycles. The van der Waals surface area contributed by atoms with Crippen molar-refractivity contribution in [2.45, 2.75) is 129 Å². The van der Waals surface area contributed by atoms with Gasteiger partial charge in [0.05, 0.1) is 36.4 Å². The summed E-state index contributed by atoms with van der Waals surface area (Å²) < 4.78 is 19.4. The Kier molecular flexibility index (Phi) is 10.1. The molecule has 0 N–H and O–H groups in total. The molecular weight excluding hydrogens is 486 g/mol. The maximum Gasteiger partial charge on any atom is 0.411 e. The van der Waals surface area contributed by atoms with Crippen LogP contribution in [-0.2, 0) is 13.6 Å². The van der Waals surface area contributed by atoms with Gasteiger partial charge in [0.1, 0.15) is 5.60 Å². The summed E-state index contributed by atoms with van der Waals surface area (Å²) in [5.41, 5.74) is -0.174. The first-order valence-corrected chi connectivity index (χ1v) is 18.9. The Morgan fingerprint density at radius 1 is 1.00 bits per heavy atom. The number of nitriles is 1. The van der Waals surface area contributed by atoms with E-state index in [9.17, 15) is 10.1 Å². The second kappa shape index (κ2) is 11.2. The number of amides is 1. The van der Waals surface area contributed by atoms with Gasteiger partial charge in [0.25, 0.3) is 0 Å². The third-order valence-electron chi connectivity index (χ3n) is 7.69. The van der Waals surface area contributed by atoms with Gasteiger partial charge in [-0.05, 0) is 63.5 Å². The minimum Gasteiger partial charge on any atom is -0.444 e. The highest BCUT2D eigenvalue weighted by Crippen LogP contribution is 2.43. The summed E-state index contributed by atoms with van der Waals surface area (Å²) in [6.45, 7) is 28.1. The molecule has 0 radical (unpaired) electrons. The first-order valence-electron chi connectivity index (χ1n) is 13.0. The van der Waals surface area contributed by atoms with Crippen LogP contribution in [0.5, 0.6) is 0 Å². The van der Waals surface area contributed by atoms with Crippen molar-refractivity contribution in [2.75, 3.05) is 20.7 Å². The third kappa shape index (κ3) is 8.33. The van der Waals surface area contributed by atoms with Crippen molar-refractivity contribution in [3.63, 3.8) is 0 Å². The lowest BCUT2D eigenvalue weighted by atomic mass is 10.0. The van der Waals surface area contributed by atoms with Gasteiger partial charge in [-0.3, -0.25) is 4.90 Å². The van der Waals surface area contributed by atoms with Crippen LogP contribution in [0.15, 0.2) is 11.8 Å². The molecule has 1 fully saturated rings. The molecule has 3 atom stereocenters. The van der Waals surface area contributed by atoms with Gasteiger partial charge in [-0.2, -0.15) is 5.26 Å². The molecule has 1 heterocycles. The second-order valence-corrected chi connectivity index (χ2v) is 23.9. The maximum absolute atomic E-state index is 13.7. The van der Waals surface area contributed by atoms with Crippen molar-refractivity contribution in [3.8, 4) is 6.07 Å². The van der Waals surface area contributed by atoms with E-state index in [0.717, 1.165) is 0 Å². The van der Waals surface area contributed by atoms with Gasteiger partial charge in [0.2, 0.25) is 0 Å². The summed E-state index contributed by atoms with van der Waals surface area (Å²) in [5, 5.41) is 10.2. The fourth-order valence-electron chi connectivity index (χ4n) is 3.63. The van der Waals surface area contributed by atoms with Crippen LogP contribution in [0.3, 0.4) is 0 Å². The number of carbonyl (C=O) groups excluding carboxylic acids is 1. The highest BCUT2D eigenvalue weighted by Gasteiger charge is 2.52. The SMILES string of the molecule is CN(C)/C=C(\C#N)[C@H]1[C@H](O[Si](C)(C)C(C)(C)C)C[C@@H](CO[Si](C)(C)C(C)(C)C)N1C(=O)OC(C)(C)C. The van der Waals surface area contributed by atoms with Crippen LogP contribution in [0.1, 0.15) is 68.7 Å². The van der Waals surface area contributed by atoms with Gasteiger partial charge in [0, 0.05) is 20.3 Å². The normalized spacial score (nSPS) is 22.4. The monoisotopic (exact) mass is 539 g/mol. The van der Waals surface area contributed by atoms with Crippen molar-refractivity contribution >= 4 is 22.7 Å².